The summed E-state index contributed by atoms with van der Waals surface area (Å²) in [5.41, 5.74) is 1.41. The topological polar surface area (TPSA) is 97.6 Å². The van der Waals surface area contributed by atoms with Crippen molar-refractivity contribution in [3.05, 3.63) is 22.8 Å². The third kappa shape index (κ3) is 2.02. The van der Waals surface area contributed by atoms with E-state index >= 15 is 0 Å². The van der Waals surface area contributed by atoms with Crippen molar-refractivity contribution in [1.29, 1.82) is 0 Å². The van der Waals surface area contributed by atoms with Crippen molar-refractivity contribution in [3.8, 4) is 0 Å². The molecule has 7 nitrogen and oxygen atoms in total. The van der Waals surface area contributed by atoms with E-state index in [0.717, 1.165) is 25.7 Å². The Morgan fingerprint density at radius 2 is 1.84 bits per heavy atom. The molecule has 11 atom stereocenters. The highest BCUT2D eigenvalue weighted by Gasteiger charge is 2.82. The van der Waals surface area contributed by atoms with Gasteiger partial charge >= 0.3 is 0 Å². The van der Waals surface area contributed by atoms with Crippen LogP contribution in [0.25, 0.3) is 0 Å². The smallest absolute Gasteiger partial charge is 0.233 e. The fourth-order valence-corrected chi connectivity index (χ4v) is 8.58. The predicted octanol–water partition coefficient (Wildman–Crippen LogP) is 2.00. The molecular formula is C25H34O7. The zero-order valence-corrected chi connectivity index (χ0v) is 19.2. The van der Waals surface area contributed by atoms with Crippen molar-refractivity contribution in [3.63, 3.8) is 0 Å². The number of aliphatic hydroxyl groups excluding tert-OH is 1. The molecule has 4 heterocycles. The Morgan fingerprint density at radius 3 is 2.59 bits per heavy atom. The van der Waals surface area contributed by atoms with E-state index in [4.69, 9.17) is 18.9 Å². The van der Waals surface area contributed by atoms with E-state index in [1.54, 1.807) is 0 Å². The van der Waals surface area contributed by atoms with Gasteiger partial charge in [0.05, 0.1) is 24.7 Å². The first kappa shape index (κ1) is 20.6. The lowest BCUT2D eigenvalue weighted by molar-refractivity contribution is -0.378. The van der Waals surface area contributed by atoms with Gasteiger partial charge in [-0.15, -0.1) is 0 Å². The standard InChI is InChI=1S/C25H34O7/c1-11(2)12-5-6-22(3)7-8-23(4)18(16(12)22)14(26)9-13-17-19(23)31-21-24(17,27)25(28)15(10-29-21)30-20(13)32-25/h9,11,14-15,17-21,26-28H,5-8,10H2,1-4H3/t14-,15-,17+,18+,19-,20-,21-,22+,23+,24-,25-/m0/s1. The fourth-order valence-electron chi connectivity index (χ4n) is 8.58. The van der Waals surface area contributed by atoms with Crippen LogP contribution in [0.4, 0.5) is 0 Å². The number of hydrogen-bond donors (Lipinski definition) is 3. The molecule has 32 heavy (non-hydrogen) atoms. The Hall–Kier alpha value is -0.800. The summed E-state index contributed by atoms with van der Waals surface area (Å²) in [6, 6.07) is 0. The van der Waals surface area contributed by atoms with Gasteiger partial charge in [-0.05, 0) is 42.6 Å². The lowest BCUT2D eigenvalue weighted by Crippen LogP contribution is -2.73. The van der Waals surface area contributed by atoms with Gasteiger partial charge in [0, 0.05) is 11.3 Å². The molecule has 2 bridgehead atoms. The first-order chi connectivity index (χ1) is 15.0. The number of ether oxygens (including phenoxy) is 4. The molecule has 0 spiro atoms. The Bertz CT molecular complexity index is 958. The van der Waals surface area contributed by atoms with E-state index in [1.807, 2.05) is 6.08 Å². The first-order valence-corrected chi connectivity index (χ1v) is 12.2. The molecule has 0 aromatic heterocycles. The number of aliphatic hydroxyl groups is 3. The Balaban J connectivity index is 1.46. The van der Waals surface area contributed by atoms with Crippen molar-refractivity contribution in [2.45, 2.75) is 95.7 Å². The molecule has 0 aromatic carbocycles. The summed E-state index contributed by atoms with van der Waals surface area (Å²) in [5, 5.41) is 35.2. The molecule has 7 rings (SSSR count). The van der Waals surface area contributed by atoms with Crippen molar-refractivity contribution in [2.75, 3.05) is 6.61 Å². The summed E-state index contributed by atoms with van der Waals surface area (Å²) in [5.74, 6) is -2.14. The number of fused-ring (bicyclic) bond motifs is 6. The molecule has 0 unspecified atom stereocenters. The van der Waals surface area contributed by atoms with E-state index in [9.17, 15) is 15.3 Å². The highest BCUT2D eigenvalue weighted by atomic mass is 16.8. The van der Waals surface area contributed by atoms with Crippen LogP contribution in [0.15, 0.2) is 22.8 Å². The predicted molar refractivity (Wildman–Crippen MR) is 112 cm³/mol. The summed E-state index contributed by atoms with van der Waals surface area (Å²) in [7, 11) is 0. The summed E-state index contributed by atoms with van der Waals surface area (Å²) in [4.78, 5) is 0. The van der Waals surface area contributed by atoms with Crippen LogP contribution < -0.4 is 0 Å². The monoisotopic (exact) mass is 446 g/mol. The summed E-state index contributed by atoms with van der Waals surface area (Å²) < 4.78 is 24.4. The second-order valence-electron chi connectivity index (χ2n) is 12.1. The first-order valence-electron chi connectivity index (χ1n) is 12.2. The second kappa shape index (κ2) is 5.88. The lowest BCUT2D eigenvalue weighted by Gasteiger charge is -2.54. The van der Waals surface area contributed by atoms with Crippen LogP contribution in [-0.4, -0.2) is 64.2 Å². The van der Waals surface area contributed by atoms with Crippen molar-refractivity contribution in [2.24, 2.45) is 28.6 Å². The molecule has 176 valence electrons. The molecule has 4 aliphatic heterocycles. The average Bonchev–Trinajstić information content (AvgIpc) is 3.34. The number of rotatable bonds is 1. The Kier molecular flexibility index (Phi) is 3.78. The van der Waals surface area contributed by atoms with Crippen LogP contribution in [0.3, 0.4) is 0 Å². The van der Waals surface area contributed by atoms with Crippen molar-refractivity contribution >= 4 is 0 Å². The molecule has 7 heteroatoms. The normalized spacial score (nSPS) is 59.8. The van der Waals surface area contributed by atoms with Crippen LogP contribution in [0.1, 0.15) is 53.4 Å². The highest BCUT2D eigenvalue weighted by Crippen LogP contribution is 2.69. The molecule has 7 aliphatic rings. The molecular weight excluding hydrogens is 412 g/mol. The van der Waals surface area contributed by atoms with Gasteiger partial charge in [0.1, 0.15) is 6.10 Å². The minimum absolute atomic E-state index is 0.0762. The average molecular weight is 447 g/mol. The number of hydrogen-bond acceptors (Lipinski definition) is 7. The molecule has 5 fully saturated rings. The Morgan fingerprint density at radius 1 is 1.06 bits per heavy atom. The molecule has 0 amide bonds. The SMILES string of the molecule is CC(C)C1=C2[C@H]3[C@@H](O)C=C4[C@H]5O[C@H]6CO[C@H]7O[C@@H]([C@@H]4[C@@]7(O)[C@@]6(O)O5)[C@]3(C)CC[C@@]2(C)CC1. The zero-order chi connectivity index (χ0) is 22.4. The van der Waals surface area contributed by atoms with Gasteiger partial charge in [-0.3, -0.25) is 0 Å². The van der Waals surface area contributed by atoms with Gasteiger partial charge in [0.25, 0.3) is 0 Å². The van der Waals surface area contributed by atoms with Crippen LogP contribution in [0, 0.1) is 28.6 Å². The maximum absolute atomic E-state index is 12.0. The quantitative estimate of drug-likeness (QED) is 0.530. The van der Waals surface area contributed by atoms with E-state index in [2.05, 4.69) is 27.7 Å². The van der Waals surface area contributed by atoms with Crippen LogP contribution >= 0.6 is 0 Å². The maximum Gasteiger partial charge on any atom is 0.233 e. The van der Waals surface area contributed by atoms with Crippen LogP contribution in [0.2, 0.25) is 0 Å². The second-order valence-corrected chi connectivity index (χ2v) is 12.1. The highest BCUT2D eigenvalue weighted by molar-refractivity contribution is 5.42. The molecule has 1 saturated carbocycles. The van der Waals surface area contributed by atoms with E-state index in [1.165, 1.54) is 11.1 Å². The van der Waals surface area contributed by atoms with Crippen LogP contribution in [-0.2, 0) is 18.9 Å². The number of allylic oxidation sites excluding steroid dienone is 1. The molecule has 4 saturated heterocycles. The van der Waals surface area contributed by atoms with Gasteiger partial charge < -0.3 is 34.3 Å². The van der Waals surface area contributed by atoms with Gasteiger partial charge in [-0.2, -0.15) is 0 Å². The minimum Gasteiger partial charge on any atom is -0.388 e. The summed E-state index contributed by atoms with van der Waals surface area (Å²) >= 11 is 0. The van der Waals surface area contributed by atoms with Crippen molar-refractivity contribution < 1.29 is 34.3 Å². The molecule has 3 N–H and O–H groups in total. The summed E-state index contributed by atoms with van der Waals surface area (Å²) in [6.07, 6.45) is 2.17. The maximum atomic E-state index is 12.0. The van der Waals surface area contributed by atoms with Crippen molar-refractivity contribution in [1.82, 2.24) is 0 Å². The third-order valence-corrected chi connectivity index (χ3v) is 10.3. The van der Waals surface area contributed by atoms with E-state index in [-0.39, 0.29) is 17.9 Å². The Labute approximate surface area is 188 Å². The largest absolute Gasteiger partial charge is 0.388 e. The van der Waals surface area contributed by atoms with Gasteiger partial charge in [0.2, 0.25) is 5.79 Å². The molecule has 0 aromatic rings. The summed E-state index contributed by atoms with van der Waals surface area (Å²) in [6.45, 7) is 9.13. The van der Waals surface area contributed by atoms with E-state index < -0.39 is 53.6 Å². The zero-order valence-electron chi connectivity index (χ0n) is 19.2. The third-order valence-electron chi connectivity index (χ3n) is 10.3. The van der Waals surface area contributed by atoms with E-state index in [0.29, 0.717) is 11.5 Å². The lowest BCUT2D eigenvalue weighted by atomic mass is 9.52. The van der Waals surface area contributed by atoms with Gasteiger partial charge in [0.15, 0.2) is 18.2 Å². The van der Waals surface area contributed by atoms with Gasteiger partial charge in [-0.25, -0.2) is 0 Å². The molecule has 3 aliphatic carbocycles. The van der Waals surface area contributed by atoms with Gasteiger partial charge in [-0.1, -0.05) is 44.9 Å². The molecule has 0 radical (unpaired) electrons. The van der Waals surface area contributed by atoms with Crippen LogP contribution in [0.5, 0.6) is 0 Å². The fraction of sp³-hybridized carbons (Fsp3) is 0.840. The minimum atomic E-state index is -1.88.